The Hall–Kier alpha value is -2.95. The minimum atomic E-state index is -1.21. The molecule has 0 unspecified atom stereocenters. The number of hydrogen-bond donors (Lipinski definition) is 2. The summed E-state index contributed by atoms with van der Waals surface area (Å²) in [5.74, 6) is -2.36. The fraction of sp³-hybridized carbons (Fsp3) is 0. The molecule has 0 spiro atoms. The van der Waals surface area contributed by atoms with Crippen molar-refractivity contribution in [3.05, 3.63) is 65.7 Å². The van der Waals surface area contributed by atoms with Gasteiger partial charge in [0.15, 0.2) is 5.71 Å². The third-order valence-corrected chi connectivity index (χ3v) is 2.62. The number of aromatic carboxylic acids is 1. The Balaban J connectivity index is 2.56. The summed E-state index contributed by atoms with van der Waals surface area (Å²) >= 11 is 0. The Morgan fingerprint density at radius 2 is 1.45 bits per heavy atom. The summed E-state index contributed by atoms with van der Waals surface area (Å²) in [6.07, 6.45) is 0. The van der Waals surface area contributed by atoms with E-state index in [-0.39, 0.29) is 17.0 Å². The van der Waals surface area contributed by atoms with Gasteiger partial charge in [-0.05, 0) is 12.1 Å². The number of benzene rings is 2. The van der Waals surface area contributed by atoms with Crippen LogP contribution in [0, 0.1) is 0 Å². The third-order valence-electron chi connectivity index (χ3n) is 2.62. The molecule has 20 heavy (non-hydrogen) atoms. The van der Waals surface area contributed by atoms with Gasteiger partial charge >= 0.3 is 11.9 Å². The number of carboxylic acid groups (broad SMARTS) is 2. The van der Waals surface area contributed by atoms with E-state index >= 15 is 0 Å². The highest BCUT2D eigenvalue weighted by Crippen LogP contribution is 2.20. The van der Waals surface area contributed by atoms with E-state index in [4.69, 9.17) is 5.11 Å². The van der Waals surface area contributed by atoms with E-state index in [2.05, 4.69) is 4.99 Å². The minimum Gasteiger partial charge on any atom is -0.478 e. The van der Waals surface area contributed by atoms with Crippen molar-refractivity contribution in [3.8, 4) is 0 Å². The predicted octanol–water partition coefficient (Wildman–Crippen LogP) is 2.59. The Morgan fingerprint density at radius 3 is 2.05 bits per heavy atom. The zero-order valence-electron chi connectivity index (χ0n) is 10.4. The van der Waals surface area contributed by atoms with Crippen molar-refractivity contribution in [2.45, 2.75) is 0 Å². The number of aliphatic carboxylic acids is 1. The van der Waals surface area contributed by atoms with Crippen molar-refractivity contribution < 1.29 is 19.8 Å². The second-order valence-corrected chi connectivity index (χ2v) is 3.95. The van der Waals surface area contributed by atoms with Gasteiger partial charge in [0.25, 0.3) is 0 Å². The highest BCUT2D eigenvalue weighted by Gasteiger charge is 2.15. The predicted molar refractivity (Wildman–Crippen MR) is 73.7 cm³/mol. The average molecular weight is 269 g/mol. The molecule has 0 aromatic heterocycles. The van der Waals surface area contributed by atoms with Crippen LogP contribution in [-0.2, 0) is 4.79 Å². The maximum Gasteiger partial charge on any atom is 0.355 e. The quantitative estimate of drug-likeness (QED) is 0.835. The fourth-order valence-electron chi connectivity index (χ4n) is 1.70. The molecule has 0 fully saturated rings. The van der Waals surface area contributed by atoms with Crippen LogP contribution in [0.5, 0.6) is 0 Å². The molecule has 0 amide bonds. The summed E-state index contributed by atoms with van der Waals surface area (Å²) in [7, 11) is 0. The molecule has 0 atom stereocenters. The molecule has 2 aromatic rings. The van der Waals surface area contributed by atoms with Gasteiger partial charge in [0.2, 0.25) is 0 Å². The van der Waals surface area contributed by atoms with Crippen molar-refractivity contribution in [3.63, 3.8) is 0 Å². The van der Waals surface area contributed by atoms with Gasteiger partial charge in [0.1, 0.15) is 0 Å². The standard InChI is InChI=1S/C15H11NO4/c17-14(18)11-8-4-5-9-12(11)16-13(15(19)20)10-6-2-1-3-7-10/h1-9H,(H,17,18)(H,19,20). The first-order chi connectivity index (χ1) is 9.59. The first-order valence-electron chi connectivity index (χ1n) is 5.79. The second-order valence-electron chi connectivity index (χ2n) is 3.95. The lowest BCUT2D eigenvalue weighted by atomic mass is 10.1. The highest BCUT2D eigenvalue weighted by molar-refractivity contribution is 6.43. The van der Waals surface area contributed by atoms with Gasteiger partial charge in [-0.3, -0.25) is 0 Å². The summed E-state index contributed by atoms with van der Waals surface area (Å²) in [5.41, 5.74) is 0.294. The summed E-state index contributed by atoms with van der Waals surface area (Å²) in [5, 5.41) is 18.3. The van der Waals surface area contributed by atoms with Gasteiger partial charge in [0.05, 0.1) is 11.3 Å². The van der Waals surface area contributed by atoms with Gasteiger partial charge in [-0.1, -0.05) is 42.5 Å². The zero-order chi connectivity index (χ0) is 14.5. The molecule has 0 aliphatic heterocycles. The summed E-state index contributed by atoms with van der Waals surface area (Å²) in [4.78, 5) is 26.4. The molecular weight excluding hydrogens is 258 g/mol. The topological polar surface area (TPSA) is 87.0 Å². The molecule has 0 heterocycles. The van der Waals surface area contributed by atoms with E-state index in [0.717, 1.165) is 0 Å². The van der Waals surface area contributed by atoms with Crippen molar-refractivity contribution >= 4 is 23.3 Å². The molecular formula is C15H11NO4. The van der Waals surface area contributed by atoms with Crippen LogP contribution in [0.3, 0.4) is 0 Å². The number of rotatable bonds is 4. The molecule has 0 aliphatic carbocycles. The normalized spacial score (nSPS) is 11.1. The highest BCUT2D eigenvalue weighted by atomic mass is 16.4. The van der Waals surface area contributed by atoms with Gasteiger partial charge in [0, 0.05) is 5.56 Å². The Morgan fingerprint density at radius 1 is 0.850 bits per heavy atom. The van der Waals surface area contributed by atoms with Crippen LogP contribution < -0.4 is 0 Å². The van der Waals surface area contributed by atoms with Crippen molar-refractivity contribution in [1.82, 2.24) is 0 Å². The van der Waals surface area contributed by atoms with E-state index in [1.54, 1.807) is 42.5 Å². The number of hydrogen-bond acceptors (Lipinski definition) is 3. The molecule has 2 aromatic carbocycles. The molecule has 5 heteroatoms. The van der Waals surface area contributed by atoms with Gasteiger partial charge in [-0.15, -0.1) is 0 Å². The number of aliphatic imine (C=N–C) groups is 1. The van der Waals surface area contributed by atoms with Crippen molar-refractivity contribution in [2.75, 3.05) is 0 Å². The van der Waals surface area contributed by atoms with Crippen LogP contribution in [0.1, 0.15) is 15.9 Å². The first-order valence-corrected chi connectivity index (χ1v) is 5.79. The Bertz CT molecular complexity index is 677. The number of carbonyl (C=O) groups is 2. The van der Waals surface area contributed by atoms with E-state index < -0.39 is 11.9 Å². The molecule has 2 rings (SSSR count). The monoisotopic (exact) mass is 269 g/mol. The summed E-state index contributed by atoms with van der Waals surface area (Å²) in [6.45, 7) is 0. The van der Waals surface area contributed by atoms with Gasteiger partial charge in [-0.2, -0.15) is 0 Å². The minimum absolute atomic E-state index is 0.0396. The molecule has 0 saturated carbocycles. The van der Waals surface area contributed by atoms with Crippen LogP contribution in [0.2, 0.25) is 0 Å². The Labute approximate surface area is 114 Å². The molecule has 0 aliphatic rings. The maximum absolute atomic E-state index is 11.3. The Kier molecular flexibility index (Phi) is 3.91. The smallest absolute Gasteiger partial charge is 0.355 e. The van der Waals surface area contributed by atoms with Crippen LogP contribution >= 0.6 is 0 Å². The lowest BCUT2D eigenvalue weighted by Crippen LogP contribution is -2.14. The first kappa shape index (κ1) is 13.5. The number of para-hydroxylation sites is 1. The van der Waals surface area contributed by atoms with E-state index in [0.29, 0.717) is 5.56 Å². The lowest BCUT2D eigenvalue weighted by Gasteiger charge is -2.04. The zero-order valence-corrected chi connectivity index (χ0v) is 10.4. The molecule has 2 N–H and O–H groups in total. The molecule has 0 bridgehead atoms. The number of nitrogens with zero attached hydrogens (tertiary/aromatic N) is 1. The maximum atomic E-state index is 11.3. The molecule has 5 nitrogen and oxygen atoms in total. The van der Waals surface area contributed by atoms with Crippen LogP contribution in [0.25, 0.3) is 0 Å². The second kappa shape index (κ2) is 5.79. The van der Waals surface area contributed by atoms with Crippen molar-refractivity contribution in [1.29, 1.82) is 0 Å². The van der Waals surface area contributed by atoms with Crippen LogP contribution in [-0.4, -0.2) is 27.9 Å². The molecule has 100 valence electrons. The van der Waals surface area contributed by atoms with E-state index in [9.17, 15) is 14.7 Å². The summed E-state index contributed by atoms with van der Waals surface area (Å²) in [6, 6.07) is 14.4. The van der Waals surface area contributed by atoms with Crippen LogP contribution in [0.4, 0.5) is 5.69 Å². The largest absolute Gasteiger partial charge is 0.478 e. The third kappa shape index (κ3) is 2.89. The molecule has 0 saturated heterocycles. The SMILES string of the molecule is O=C(O)C(=Nc1ccccc1C(=O)O)c1ccccc1. The van der Waals surface area contributed by atoms with E-state index in [1.807, 2.05) is 0 Å². The lowest BCUT2D eigenvalue weighted by molar-refractivity contribution is -0.129. The van der Waals surface area contributed by atoms with E-state index in [1.165, 1.54) is 12.1 Å². The summed E-state index contributed by atoms with van der Waals surface area (Å²) < 4.78 is 0. The average Bonchev–Trinajstić information content (AvgIpc) is 2.45. The van der Waals surface area contributed by atoms with Crippen LogP contribution in [0.15, 0.2) is 59.6 Å². The van der Waals surface area contributed by atoms with Crippen molar-refractivity contribution in [2.24, 2.45) is 4.99 Å². The number of carboxylic acids is 2. The molecule has 0 radical (unpaired) electrons. The fourth-order valence-corrected chi connectivity index (χ4v) is 1.70. The van der Waals surface area contributed by atoms with Gasteiger partial charge in [-0.25, -0.2) is 14.6 Å². The van der Waals surface area contributed by atoms with Gasteiger partial charge < -0.3 is 10.2 Å².